The number of fused-ring (bicyclic) bond motifs is 1. The number of hydrogen-bond acceptors (Lipinski definition) is 10. The maximum absolute atomic E-state index is 12.9. The number of aliphatic hydroxyl groups is 2. The first-order valence-corrected chi connectivity index (χ1v) is 10.4. The zero-order chi connectivity index (χ0) is 25.0. The van der Waals surface area contributed by atoms with Crippen LogP contribution in [0.2, 0.25) is 0 Å². The van der Waals surface area contributed by atoms with Gasteiger partial charge in [0.05, 0.1) is 19.1 Å². The molecule has 0 bridgehead atoms. The topological polar surface area (TPSA) is 149 Å². The Labute approximate surface area is 190 Å². The van der Waals surface area contributed by atoms with Crippen molar-refractivity contribution in [2.45, 2.75) is 70.2 Å². The van der Waals surface area contributed by atoms with Crippen molar-refractivity contribution in [2.75, 3.05) is 7.11 Å². The van der Waals surface area contributed by atoms with Gasteiger partial charge in [-0.1, -0.05) is 6.58 Å². The third-order valence-corrected chi connectivity index (χ3v) is 6.74. The fraction of sp³-hybridized carbons (Fsp3) is 0.565. The van der Waals surface area contributed by atoms with Gasteiger partial charge in [0.15, 0.2) is 23.1 Å². The van der Waals surface area contributed by atoms with Crippen LogP contribution in [-0.4, -0.2) is 76.6 Å². The van der Waals surface area contributed by atoms with E-state index in [1.807, 2.05) is 0 Å². The van der Waals surface area contributed by atoms with E-state index >= 15 is 0 Å². The molecule has 180 valence electrons. The van der Waals surface area contributed by atoms with Crippen LogP contribution in [0.25, 0.3) is 0 Å². The quantitative estimate of drug-likeness (QED) is 0.252. The van der Waals surface area contributed by atoms with Crippen molar-refractivity contribution < 1.29 is 48.3 Å². The van der Waals surface area contributed by atoms with Crippen molar-refractivity contribution in [1.29, 1.82) is 0 Å². The van der Waals surface area contributed by atoms with Gasteiger partial charge in [0.2, 0.25) is 0 Å². The third kappa shape index (κ3) is 3.71. The first-order valence-electron chi connectivity index (χ1n) is 10.4. The number of aliphatic hydroxyl groups excluding tert-OH is 1. The van der Waals surface area contributed by atoms with Gasteiger partial charge >= 0.3 is 17.9 Å². The summed E-state index contributed by atoms with van der Waals surface area (Å²) < 4.78 is 21.0. The second-order valence-corrected chi connectivity index (χ2v) is 8.77. The Morgan fingerprint density at radius 2 is 1.79 bits per heavy atom. The van der Waals surface area contributed by atoms with E-state index in [9.17, 15) is 29.4 Å². The van der Waals surface area contributed by atoms with Crippen LogP contribution >= 0.6 is 0 Å². The molecule has 10 nitrogen and oxygen atoms in total. The van der Waals surface area contributed by atoms with Crippen molar-refractivity contribution in [3.05, 3.63) is 34.9 Å². The summed E-state index contributed by atoms with van der Waals surface area (Å²) in [4.78, 5) is 50.1. The molecule has 1 aliphatic heterocycles. The van der Waals surface area contributed by atoms with Crippen molar-refractivity contribution in [2.24, 2.45) is 5.92 Å². The third-order valence-electron chi connectivity index (χ3n) is 6.74. The summed E-state index contributed by atoms with van der Waals surface area (Å²) in [7, 11) is 1.09. The van der Waals surface area contributed by atoms with Crippen LogP contribution in [0.15, 0.2) is 34.9 Å². The van der Waals surface area contributed by atoms with Crippen LogP contribution in [0.3, 0.4) is 0 Å². The average molecular weight is 464 g/mol. The van der Waals surface area contributed by atoms with E-state index in [1.54, 1.807) is 6.92 Å². The molecular weight excluding hydrogens is 436 g/mol. The highest BCUT2D eigenvalue weighted by Crippen LogP contribution is 2.48. The Hall–Kier alpha value is -2.82. The maximum Gasteiger partial charge on any atom is 0.341 e. The predicted octanol–water partition coefficient (Wildman–Crippen LogP) is 0.304. The highest BCUT2D eigenvalue weighted by molar-refractivity contribution is 6.11. The minimum absolute atomic E-state index is 0.0469. The Kier molecular flexibility index (Phi) is 6.16. The van der Waals surface area contributed by atoms with Gasteiger partial charge in [-0.05, 0) is 44.9 Å². The molecule has 1 saturated heterocycles. The highest BCUT2D eigenvalue weighted by Gasteiger charge is 2.62. The smallest absolute Gasteiger partial charge is 0.341 e. The summed E-state index contributed by atoms with van der Waals surface area (Å²) in [6, 6.07) is 0. The lowest BCUT2D eigenvalue weighted by Gasteiger charge is -2.39. The van der Waals surface area contributed by atoms with Gasteiger partial charge in [-0.3, -0.25) is 9.59 Å². The van der Waals surface area contributed by atoms with E-state index in [-0.39, 0.29) is 22.3 Å². The molecule has 1 heterocycles. The largest absolute Gasteiger partial charge is 0.466 e. The predicted molar refractivity (Wildman–Crippen MR) is 111 cm³/mol. The molecule has 33 heavy (non-hydrogen) atoms. The number of carbonyl (C=O) groups is 4. The summed E-state index contributed by atoms with van der Waals surface area (Å²) in [6.07, 6.45) is -4.12. The molecule has 3 aliphatic rings. The van der Waals surface area contributed by atoms with Crippen LogP contribution < -0.4 is 0 Å². The zero-order valence-corrected chi connectivity index (χ0v) is 19.3. The summed E-state index contributed by atoms with van der Waals surface area (Å²) >= 11 is 0. The van der Waals surface area contributed by atoms with Crippen molar-refractivity contribution >= 4 is 23.7 Å². The summed E-state index contributed by atoms with van der Waals surface area (Å²) in [6.45, 7) is 10.8. The molecule has 0 spiro atoms. The Balaban J connectivity index is 2.21. The number of hydrogen-bond donors (Lipinski definition) is 2. The number of epoxide rings is 1. The SMILES string of the molecule is C=C(C(=O)OC)[C@@H]1[C@@H](O)[C@H](OC(=O)[C@@]2(C)O[C@@H]2C)C(C)=C2C(=O)C=C(C)[C@]2(O)[C@H]1OC(C)=O. The Morgan fingerprint density at radius 3 is 2.27 bits per heavy atom. The van der Waals surface area contributed by atoms with E-state index in [4.69, 9.17) is 18.9 Å². The van der Waals surface area contributed by atoms with Crippen LogP contribution in [0, 0.1) is 5.92 Å². The van der Waals surface area contributed by atoms with Gasteiger partial charge in [0.25, 0.3) is 0 Å². The van der Waals surface area contributed by atoms with Crippen LogP contribution in [0.5, 0.6) is 0 Å². The molecule has 2 N–H and O–H groups in total. The normalized spacial score (nSPS) is 37.5. The minimum atomic E-state index is -2.20. The molecule has 10 heteroatoms. The van der Waals surface area contributed by atoms with Crippen molar-refractivity contribution in [3.63, 3.8) is 0 Å². The summed E-state index contributed by atoms with van der Waals surface area (Å²) in [5, 5.41) is 23.1. The van der Waals surface area contributed by atoms with E-state index in [2.05, 4.69) is 6.58 Å². The first-order chi connectivity index (χ1) is 15.2. The lowest BCUT2D eigenvalue weighted by atomic mass is 9.76. The van der Waals surface area contributed by atoms with Gasteiger partial charge in [-0.2, -0.15) is 0 Å². The van der Waals surface area contributed by atoms with Crippen LogP contribution in [0.1, 0.15) is 34.6 Å². The second kappa shape index (κ2) is 8.19. The molecule has 0 amide bonds. The maximum atomic E-state index is 12.9. The molecule has 7 atom stereocenters. The number of ether oxygens (including phenoxy) is 4. The minimum Gasteiger partial charge on any atom is -0.466 e. The van der Waals surface area contributed by atoms with Crippen LogP contribution in [-0.2, 0) is 38.1 Å². The highest BCUT2D eigenvalue weighted by atomic mass is 16.7. The molecular formula is C23H28O10. The van der Waals surface area contributed by atoms with Crippen LogP contribution in [0.4, 0.5) is 0 Å². The number of methoxy groups -OCH3 is 1. The van der Waals surface area contributed by atoms with E-state index < -0.39 is 65.2 Å². The summed E-state index contributed by atoms with van der Waals surface area (Å²) in [5.41, 5.74) is -3.83. The van der Waals surface area contributed by atoms with Gasteiger partial charge in [0.1, 0.15) is 12.2 Å². The molecule has 0 saturated carbocycles. The van der Waals surface area contributed by atoms with E-state index in [0.29, 0.717) is 0 Å². The second-order valence-electron chi connectivity index (χ2n) is 8.77. The lowest BCUT2D eigenvalue weighted by Crippen LogP contribution is -2.54. The number of esters is 3. The van der Waals surface area contributed by atoms with Gasteiger partial charge in [0, 0.05) is 18.1 Å². The molecule has 0 aromatic carbocycles. The number of ketones is 1. The molecule has 3 rings (SSSR count). The monoisotopic (exact) mass is 464 g/mol. The zero-order valence-electron chi connectivity index (χ0n) is 19.3. The molecule has 1 fully saturated rings. The van der Waals surface area contributed by atoms with Crippen molar-refractivity contribution in [3.8, 4) is 0 Å². The standard InChI is InChI=1S/C23H28O10/c1-9-8-14(25)16-11(3)18(32-21(28)22(6)12(4)33-22)17(26)15(10(2)20(27)30-7)19(23(9,16)29)31-13(5)24/h8,12,15,17-19,26,29H,2H2,1,3-7H3/t12-,15-,17-,18-,19+,22+,23-/m1/s1. The fourth-order valence-corrected chi connectivity index (χ4v) is 4.58. The molecule has 0 aromatic rings. The summed E-state index contributed by atoms with van der Waals surface area (Å²) in [5.74, 6) is -4.68. The van der Waals surface area contributed by atoms with Gasteiger partial charge < -0.3 is 29.2 Å². The Morgan fingerprint density at radius 1 is 1.21 bits per heavy atom. The van der Waals surface area contributed by atoms with Gasteiger partial charge in [-0.15, -0.1) is 0 Å². The first kappa shape index (κ1) is 24.8. The Bertz CT molecular complexity index is 1010. The van der Waals surface area contributed by atoms with Crippen molar-refractivity contribution in [1.82, 2.24) is 0 Å². The number of carbonyl (C=O) groups excluding carboxylic acids is 4. The van der Waals surface area contributed by atoms with Gasteiger partial charge in [-0.25, -0.2) is 9.59 Å². The molecule has 0 unspecified atom stereocenters. The van der Waals surface area contributed by atoms with E-state index in [1.165, 1.54) is 20.8 Å². The number of rotatable bonds is 5. The fourth-order valence-electron chi connectivity index (χ4n) is 4.58. The molecule has 0 aromatic heterocycles. The number of allylic oxidation sites excluding steroid dienone is 1. The average Bonchev–Trinajstić information content (AvgIpc) is 3.29. The lowest BCUT2D eigenvalue weighted by molar-refractivity contribution is -0.172. The van der Waals surface area contributed by atoms with E-state index in [0.717, 1.165) is 20.1 Å². The molecule has 0 radical (unpaired) electrons. The molecule has 2 aliphatic carbocycles.